The Kier molecular flexibility index (Phi) is 4.85. The second-order valence-corrected chi connectivity index (χ2v) is 10.0. The summed E-state index contributed by atoms with van der Waals surface area (Å²) in [6.07, 6.45) is 0.740. The van der Waals surface area contributed by atoms with Crippen molar-refractivity contribution in [2.24, 2.45) is 0 Å². The van der Waals surface area contributed by atoms with Gasteiger partial charge in [-0.15, -0.1) is 0 Å². The zero-order valence-electron chi connectivity index (χ0n) is 13.9. The predicted molar refractivity (Wildman–Crippen MR) is 93.7 cm³/mol. The number of rotatable bonds is 4. The zero-order valence-corrected chi connectivity index (χ0v) is 16.3. The lowest BCUT2D eigenvalue weighted by molar-refractivity contribution is -0.110. The molecule has 0 heterocycles. The zero-order chi connectivity index (χ0) is 18.3. The van der Waals surface area contributed by atoms with E-state index in [1.807, 2.05) is 0 Å². The molecule has 1 aromatic rings. The van der Waals surface area contributed by atoms with Crippen molar-refractivity contribution in [1.82, 2.24) is 5.32 Å². The van der Waals surface area contributed by atoms with Gasteiger partial charge in [-0.2, -0.15) is 0 Å². The topological polar surface area (TPSA) is 89.5 Å². The molecule has 6 nitrogen and oxygen atoms in total. The maximum absolute atomic E-state index is 12.1. The molecule has 3 atom stereocenters. The summed E-state index contributed by atoms with van der Waals surface area (Å²) >= 11 is 3.31. The molecular weight excluding hydrogens is 398 g/mol. The number of aldehydes is 1. The third-order valence-corrected chi connectivity index (χ3v) is 5.90. The normalized spacial score (nSPS) is 26.5. The minimum atomic E-state index is -3.56. The average Bonchev–Trinajstić information content (AvgIpc) is 3.06. The van der Waals surface area contributed by atoms with Crippen molar-refractivity contribution < 1.29 is 22.7 Å². The van der Waals surface area contributed by atoms with E-state index in [9.17, 15) is 18.0 Å². The smallest absolute Gasteiger partial charge is 0.408 e. The molecule has 1 saturated carbocycles. The summed E-state index contributed by atoms with van der Waals surface area (Å²) in [5.41, 5.74) is -1.60. The van der Waals surface area contributed by atoms with Crippen LogP contribution in [-0.2, 0) is 19.4 Å². The number of hydrogen-bond donors (Lipinski definition) is 1. The number of halogens is 1. The summed E-state index contributed by atoms with van der Waals surface area (Å²) in [6, 6.07) is 6.98. The fraction of sp³-hybridized carbons (Fsp3) is 0.500. The monoisotopic (exact) mass is 417 g/mol. The molecule has 132 valence electrons. The van der Waals surface area contributed by atoms with E-state index < -0.39 is 38.2 Å². The molecule has 1 fully saturated rings. The number of hydrogen-bond acceptors (Lipinski definition) is 5. The second kappa shape index (κ2) is 6.15. The minimum absolute atomic E-state index is 0.495. The molecule has 0 aromatic heterocycles. The molecule has 1 aliphatic rings. The number of ether oxygens (including phenoxy) is 1. The number of sulfone groups is 1. The number of carbonyl (C=O) groups excluding carboxylic acids is 2. The van der Waals surface area contributed by atoms with Crippen LogP contribution in [-0.4, -0.2) is 43.4 Å². The van der Waals surface area contributed by atoms with Gasteiger partial charge in [0.25, 0.3) is 0 Å². The number of benzene rings is 1. The van der Waals surface area contributed by atoms with E-state index in [1.165, 1.54) is 0 Å². The molecule has 1 aromatic carbocycles. The van der Waals surface area contributed by atoms with Crippen molar-refractivity contribution in [3.8, 4) is 0 Å². The maximum Gasteiger partial charge on any atom is 0.408 e. The first-order valence-corrected chi connectivity index (χ1v) is 10.1. The standard InChI is InChI=1S/C16H20BrNO5S/c1-15(2,3)23-14(20)18-16(9-19)12(13(16)24(4,21)22)10-5-7-11(17)8-6-10/h5-9,12-13H,1-4H3,(H,18,20)/t12-,13+,16+/m0/s1. The van der Waals surface area contributed by atoms with Crippen molar-refractivity contribution in [2.75, 3.05) is 6.26 Å². The predicted octanol–water partition coefficient (Wildman–Crippen LogP) is 2.42. The highest BCUT2D eigenvalue weighted by Crippen LogP contribution is 2.54. The molecule has 8 heteroatoms. The van der Waals surface area contributed by atoms with Crippen LogP contribution >= 0.6 is 15.9 Å². The molecule has 0 radical (unpaired) electrons. The number of alkyl carbamates (subject to hydrolysis) is 1. The fourth-order valence-electron chi connectivity index (χ4n) is 2.90. The molecule has 1 amide bonds. The lowest BCUT2D eigenvalue weighted by atomic mass is 10.1. The second-order valence-electron chi connectivity index (χ2n) is 6.96. The molecule has 0 aliphatic heterocycles. The third-order valence-electron chi connectivity index (χ3n) is 3.78. The van der Waals surface area contributed by atoms with Crippen LogP contribution in [0.1, 0.15) is 32.3 Å². The molecule has 24 heavy (non-hydrogen) atoms. The first-order valence-electron chi connectivity index (χ1n) is 7.32. The van der Waals surface area contributed by atoms with Crippen molar-refractivity contribution >= 4 is 38.1 Å². The maximum atomic E-state index is 12.1. The highest BCUT2D eigenvalue weighted by atomic mass is 79.9. The van der Waals surface area contributed by atoms with Gasteiger partial charge in [-0.25, -0.2) is 13.2 Å². The van der Waals surface area contributed by atoms with Gasteiger partial charge in [0.05, 0.1) is 0 Å². The Hall–Kier alpha value is -1.41. The Bertz CT molecular complexity index is 754. The number of amides is 1. The summed E-state index contributed by atoms with van der Waals surface area (Å²) in [4.78, 5) is 23.8. The summed E-state index contributed by atoms with van der Waals surface area (Å²) in [7, 11) is -3.56. The Morgan fingerprint density at radius 3 is 2.25 bits per heavy atom. The van der Waals surface area contributed by atoms with Crippen LogP contribution in [0.5, 0.6) is 0 Å². The van der Waals surface area contributed by atoms with Gasteiger partial charge in [-0.05, 0) is 38.5 Å². The van der Waals surface area contributed by atoms with Crippen molar-refractivity contribution in [3.63, 3.8) is 0 Å². The van der Waals surface area contributed by atoms with Crippen molar-refractivity contribution in [3.05, 3.63) is 34.3 Å². The van der Waals surface area contributed by atoms with Gasteiger partial charge in [0.15, 0.2) is 9.84 Å². The number of nitrogens with one attached hydrogen (secondary N) is 1. The Balaban J connectivity index is 2.36. The van der Waals surface area contributed by atoms with Gasteiger partial charge in [0.2, 0.25) is 0 Å². The molecule has 1 N–H and O–H groups in total. The SMILES string of the molecule is CC(C)(C)OC(=O)N[C@@]1(C=O)[C@H](S(C)(=O)=O)[C@@H]1c1ccc(Br)cc1. The largest absolute Gasteiger partial charge is 0.444 e. The van der Waals surface area contributed by atoms with Crippen LogP contribution < -0.4 is 5.32 Å². The van der Waals surface area contributed by atoms with Gasteiger partial charge < -0.3 is 14.8 Å². The van der Waals surface area contributed by atoms with Crippen LogP contribution in [0.15, 0.2) is 28.7 Å². The highest BCUT2D eigenvalue weighted by Gasteiger charge is 2.71. The third kappa shape index (κ3) is 3.80. The highest BCUT2D eigenvalue weighted by molar-refractivity contribution is 9.10. The lowest BCUT2D eigenvalue weighted by Crippen LogP contribution is -2.45. The van der Waals surface area contributed by atoms with Gasteiger partial charge in [-0.3, -0.25) is 0 Å². The average molecular weight is 418 g/mol. The van der Waals surface area contributed by atoms with E-state index in [-0.39, 0.29) is 0 Å². The lowest BCUT2D eigenvalue weighted by Gasteiger charge is -2.22. The number of carbonyl (C=O) groups is 2. The Labute approximate surface area is 150 Å². The van der Waals surface area contributed by atoms with E-state index in [0.29, 0.717) is 11.8 Å². The first kappa shape index (κ1) is 18.9. The molecule has 0 bridgehead atoms. The summed E-state index contributed by atoms with van der Waals surface area (Å²) < 4.78 is 30.3. The van der Waals surface area contributed by atoms with E-state index in [0.717, 1.165) is 10.7 Å². The Morgan fingerprint density at radius 2 is 1.83 bits per heavy atom. The quantitative estimate of drug-likeness (QED) is 0.759. The fourth-order valence-corrected chi connectivity index (χ4v) is 4.93. The van der Waals surface area contributed by atoms with E-state index >= 15 is 0 Å². The van der Waals surface area contributed by atoms with Crippen LogP contribution in [0.4, 0.5) is 4.79 Å². The van der Waals surface area contributed by atoms with E-state index in [2.05, 4.69) is 21.2 Å². The summed E-state index contributed by atoms with van der Waals surface area (Å²) in [5, 5.41) is 1.46. The van der Waals surface area contributed by atoms with Gasteiger partial charge >= 0.3 is 6.09 Å². The van der Waals surface area contributed by atoms with Gasteiger partial charge in [-0.1, -0.05) is 28.1 Å². The molecule has 0 spiro atoms. The van der Waals surface area contributed by atoms with E-state index in [4.69, 9.17) is 4.74 Å². The van der Waals surface area contributed by atoms with Crippen molar-refractivity contribution in [1.29, 1.82) is 0 Å². The molecule has 2 rings (SSSR count). The Morgan fingerprint density at radius 1 is 1.29 bits per heavy atom. The first-order chi connectivity index (χ1) is 10.9. The van der Waals surface area contributed by atoms with Crippen LogP contribution in [0.3, 0.4) is 0 Å². The molecule has 1 aliphatic carbocycles. The van der Waals surface area contributed by atoms with Crippen molar-refractivity contribution in [2.45, 2.75) is 43.1 Å². The molecular formula is C16H20BrNO5S. The molecule has 0 saturated heterocycles. The summed E-state index contributed by atoms with van der Waals surface area (Å²) in [6.45, 7) is 5.06. The van der Waals surface area contributed by atoms with E-state index in [1.54, 1.807) is 45.0 Å². The minimum Gasteiger partial charge on any atom is -0.444 e. The van der Waals surface area contributed by atoms with Gasteiger partial charge in [0.1, 0.15) is 22.7 Å². The van der Waals surface area contributed by atoms with Gasteiger partial charge in [0, 0.05) is 16.6 Å². The summed E-state index contributed by atoms with van der Waals surface area (Å²) in [5.74, 6) is -0.648. The van der Waals surface area contributed by atoms with Crippen LogP contribution in [0, 0.1) is 0 Å². The molecule has 0 unspecified atom stereocenters. The van der Waals surface area contributed by atoms with Crippen LogP contribution in [0.2, 0.25) is 0 Å². The van der Waals surface area contributed by atoms with Crippen LogP contribution in [0.25, 0.3) is 0 Å².